The molecule has 1 aromatic carbocycles. The molecule has 2 rings (SSSR count). The first-order valence-electron chi connectivity index (χ1n) is 5.95. The standard InChI is InChI=1S/C13H17NO4/c1-18-7-6-14(9-2-3-9)13(17)11-5-4-10(15)8-12(11)16/h4-5,8-9,15-16H,2-3,6-7H2,1H3. The lowest BCUT2D eigenvalue weighted by atomic mass is 10.1. The van der Waals surface area contributed by atoms with Crippen molar-refractivity contribution in [3.05, 3.63) is 23.8 Å². The van der Waals surface area contributed by atoms with Crippen LogP contribution in [0, 0.1) is 0 Å². The van der Waals surface area contributed by atoms with Gasteiger partial charge in [0, 0.05) is 25.8 Å². The second-order valence-electron chi connectivity index (χ2n) is 4.42. The Bertz CT molecular complexity index is 443. The molecule has 0 atom stereocenters. The van der Waals surface area contributed by atoms with E-state index in [0.717, 1.165) is 12.8 Å². The average Bonchev–Trinajstić information content (AvgIpc) is 3.13. The summed E-state index contributed by atoms with van der Waals surface area (Å²) in [5.74, 6) is -0.464. The van der Waals surface area contributed by atoms with E-state index in [2.05, 4.69) is 0 Å². The van der Waals surface area contributed by atoms with Crippen LogP contribution in [0.25, 0.3) is 0 Å². The Labute approximate surface area is 106 Å². The highest BCUT2D eigenvalue weighted by molar-refractivity contribution is 5.97. The number of carbonyl (C=O) groups excluding carboxylic acids is 1. The molecule has 0 radical (unpaired) electrons. The monoisotopic (exact) mass is 251 g/mol. The molecule has 1 fully saturated rings. The Morgan fingerprint density at radius 3 is 2.72 bits per heavy atom. The molecule has 5 nitrogen and oxygen atoms in total. The SMILES string of the molecule is COCCN(C(=O)c1ccc(O)cc1O)C1CC1. The smallest absolute Gasteiger partial charge is 0.257 e. The van der Waals surface area contributed by atoms with Gasteiger partial charge >= 0.3 is 0 Å². The van der Waals surface area contributed by atoms with Gasteiger partial charge in [-0.05, 0) is 25.0 Å². The van der Waals surface area contributed by atoms with Crippen LogP contribution in [0.4, 0.5) is 0 Å². The first-order valence-corrected chi connectivity index (χ1v) is 5.95. The third-order valence-electron chi connectivity index (χ3n) is 3.00. The maximum absolute atomic E-state index is 12.3. The van der Waals surface area contributed by atoms with Gasteiger partial charge in [0.15, 0.2) is 0 Å². The lowest BCUT2D eigenvalue weighted by molar-refractivity contribution is 0.0677. The number of phenols is 2. The third-order valence-corrected chi connectivity index (χ3v) is 3.00. The van der Waals surface area contributed by atoms with Crippen molar-refractivity contribution >= 4 is 5.91 Å². The van der Waals surface area contributed by atoms with E-state index in [-0.39, 0.29) is 29.0 Å². The number of ether oxygens (including phenoxy) is 1. The van der Waals surface area contributed by atoms with E-state index in [1.165, 1.54) is 18.2 Å². The Morgan fingerprint density at radius 2 is 2.17 bits per heavy atom. The number of hydrogen-bond donors (Lipinski definition) is 2. The van der Waals surface area contributed by atoms with Crippen LogP contribution in [0.5, 0.6) is 11.5 Å². The third kappa shape index (κ3) is 2.73. The summed E-state index contributed by atoms with van der Waals surface area (Å²) in [6.07, 6.45) is 1.99. The number of phenolic OH excluding ortho intramolecular Hbond substituents is 2. The quantitative estimate of drug-likeness (QED) is 0.828. The van der Waals surface area contributed by atoms with Gasteiger partial charge in [-0.15, -0.1) is 0 Å². The van der Waals surface area contributed by atoms with Crippen molar-refractivity contribution in [2.45, 2.75) is 18.9 Å². The highest BCUT2D eigenvalue weighted by Crippen LogP contribution is 2.30. The molecule has 5 heteroatoms. The van der Waals surface area contributed by atoms with Gasteiger partial charge in [0.05, 0.1) is 12.2 Å². The Morgan fingerprint density at radius 1 is 1.44 bits per heavy atom. The van der Waals surface area contributed by atoms with Crippen molar-refractivity contribution < 1.29 is 19.7 Å². The van der Waals surface area contributed by atoms with E-state index >= 15 is 0 Å². The average molecular weight is 251 g/mol. The lowest BCUT2D eigenvalue weighted by Crippen LogP contribution is -2.35. The highest BCUT2D eigenvalue weighted by Gasteiger charge is 2.33. The molecule has 0 aromatic heterocycles. The van der Waals surface area contributed by atoms with Crippen molar-refractivity contribution in [1.82, 2.24) is 4.90 Å². The van der Waals surface area contributed by atoms with E-state index in [0.29, 0.717) is 13.2 Å². The first-order chi connectivity index (χ1) is 8.63. The zero-order valence-electron chi connectivity index (χ0n) is 10.3. The Balaban J connectivity index is 2.16. The first kappa shape index (κ1) is 12.7. The minimum absolute atomic E-state index is 0.0566. The van der Waals surface area contributed by atoms with Crippen LogP contribution < -0.4 is 0 Å². The summed E-state index contributed by atoms with van der Waals surface area (Å²) < 4.78 is 4.99. The van der Waals surface area contributed by atoms with Gasteiger partial charge in [-0.25, -0.2) is 0 Å². The molecule has 0 saturated heterocycles. The van der Waals surface area contributed by atoms with Gasteiger partial charge in [-0.1, -0.05) is 0 Å². The lowest BCUT2D eigenvalue weighted by Gasteiger charge is -2.22. The van der Waals surface area contributed by atoms with Gasteiger partial charge in [-0.3, -0.25) is 4.79 Å². The second-order valence-corrected chi connectivity index (χ2v) is 4.42. The Kier molecular flexibility index (Phi) is 3.72. The number of amides is 1. The van der Waals surface area contributed by atoms with E-state index < -0.39 is 0 Å². The zero-order chi connectivity index (χ0) is 13.1. The minimum Gasteiger partial charge on any atom is -0.508 e. The van der Waals surface area contributed by atoms with Crippen LogP contribution in [0.3, 0.4) is 0 Å². The van der Waals surface area contributed by atoms with E-state index in [4.69, 9.17) is 4.74 Å². The van der Waals surface area contributed by atoms with Crippen molar-refractivity contribution in [2.75, 3.05) is 20.3 Å². The summed E-state index contributed by atoms with van der Waals surface area (Å²) >= 11 is 0. The van der Waals surface area contributed by atoms with Gasteiger partial charge in [0.25, 0.3) is 5.91 Å². The number of nitrogens with zero attached hydrogens (tertiary/aromatic N) is 1. The van der Waals surface area contributed by atoms with Gasteiger partial charge in [0.2, 0.25) is 0 Å². The maximum atomic E-state index is 12.3. The molecule has 0 bridgehead atoms. The molecule has 1 saturated carbocycles. The fourth-order valence-electron chi connectivity index (χ4n) is 1.88. The molecule has 1 aliphatic rings. The van der Waals surface area contributed by atoms with Gasteiger partial charge in [-0.2, -0.15) is 0 Å². The van der Waals surface area contributed by atoms with Crippen LogP contribution in [-0.4, -0.2) is 47.3 Å². The molecular weight excluding hydrogens is 234 g/mol. The molecule has 1 aliphatic carbocycles. The minimum atomic E-state index is -0.216. The summed E-state index contributed by atoms with van der Waals surface area (Å²) in [7, 11) is 1.59. The van der Waals surface area contributed by atoms with Crippen LogP contribution in [0.2, 0.25) is 0 Å². The van der Waals surface area contributed by atoms with Crippen LogP contribution in [0.1, 0.15) is 23.2 Å². The van der Waals surface area contributed by atoms with Gasteiger partial charge < -0.3 is 19.8 Å². The van der Waals surface area contributed by atoms with E-state index in [1.807, 2.05) is 0 Å². The molecule has 1 aromatic rings. The largest absolute Gasteiger partial charge is 0.508 e. The summed E-state index contributed by atoms with van der Waals surface area (Å²) in [5.41, 5.74) is 0.218. The fraction of sp³-hybridized carbons (Fsp3) is 0.462. The summed E-state index contributed by atoms with van der Waals surface area (Å²) in [5, 5.41) is 18.9. The molecule has 1 amide bonds. The van der Waals surface area contributed by atoms with Crippen LogP contribution >= 0.6 is 0 Å². The van der Waals surface area contributed by atoms with Crippen molar-refractivity contribution in [2.24, 2.45) is 0 Å². The second kappa shape index (κ2) is 5.27. The molecule has 2 N–H and O–H groups in total. The van der Waals surface area contributed by atoms with Crippen molar-refractivity contribution in [3.63, 3.8) is 0 Å². The normalized spacial score (nSPS) is 14.5. The summed E-state index contributed by atoms with van der Waals surface area (Å²) in [6, 6.07) is 4.26. The van der Waals surface area contributed by atoms with E-state index in [1.54, 1.807) is 12.0 Å². The van der Waals surface area contributed by atoms with Gasteiger partial charge in [0.1, 0.15) is 11.5 Å². The van der Waals surface area contributed by atoms with Crippen LogP contribution in [-0.2, 0) is 4.74 Å². The molecule has 0 heterocycles. The van der Waals surface area contributed by atoms with Crippen molar-refractivity contribution in [3.8, 4) is 11.5 Å². The number of benzene rings is 1. The molecule has 98 valence electrons. The topological polar surface area (TPSA) is 70.0 Å². The molecule has 0 spiro atoms. The highest BCUT2D eigenvalue weighted by atomic mass is 16.5. The number of carbonyl (C=O) groups is 1. The number of rotatable bonds is 5. The number of hydrogen-bond acceptors (Lipinski definition) is 4. The fourth-order valence-corrected chi connectivity index (χ4v) is 1.88. The van der Waals surface area contributed by atoms with E-state index in [9.17, 15) is 15.0 Å². The Hall–Kier alpha value is -1.75. The predicted octanol–water partition coefficient (Wildman–Crippen LogP) is 1.35. The molecular formula is C13H17NO4. The van der Waals surface area contributed by atoms with Crippen LogP contribution in [0.15, 0.2) is 18.2 Å². The summed E-state index contributed by atoms with van der Waals surface area (Å²) in [4.78, 5) is 14.0. The zero-order valence-corrected chi connectivity index (χ0v) is 10.3. The maximum Gasteiger partial charge on any atom is 0.257 e. The van der Waals surface area contributed by atoms with Crippen molar-refractivity contribution in [1.29, 1.82) is 0 Å². The number of methoxy groups -OCH3 is 1. The molecule has 18 heavy (non-hydrogen) atoms. The predicted molar refractivity (Wildman–Crippen MR) is 65.7 cm³/mol. The summed E-state index contributed by atoms with van der Waals surface area (Å²) in [6.45, 7) is 0.988. The molecule has 0 unspecified atom stereocenters. The molecule has 0 aliphatic heterocycles. The number of aromatic hydroxyl groups is 2.